The second kappa shape index (κ2) is 3.49. The highest BCUT2D eigenvalue weighted by atomic mass is 16.2. The summed E-state index contributed by atoms with van der Waals surface area (Å²) in [4.78, 5) is 32.7. The summed E-state index contributed by atoms with van der Waals surface area (Å²) < 4.78 is 0. The van der Waals surface area contributed by atoms with E-state index in [-0.39, 0.29) is 0 Å². The SMILES string of the molecule is O=CC=Cc1cccc2c1C(=O)C(=O)N2. The van der Waals surface area contributed by atoms with Gasteiger partial charge in [0.15, 0.2) is 0 Å². The molecule has 1 aromatic carbocycles. The van der Waals surface area contributed by atoms with Gasteiger partial charge in [-0.3, -0.25) is 14.4 Å². The molecule has 0 bridgehead atoms. The molecular weight excluding hydrogens is 194 g/mol. The maximum absolute atomic E-state index is 11.4. The number of hydrogen-bond acceptors (Lipinski definition) is 3. The number of hydrogen-bond donors (Lipinski definition) is 1. The Labute approximate surface area is 85.6 Å². The van der Waals surface area contributed by atoms with Crippen LogP contribution in [0.2, 0.25) is 0 Å². The number of amides is 1. The van der Waals surface area contributed by atoms with Gasteiger partial charge < -0.3 is 5.32 Å². The van der Waals surface area contributed by atoms with E-state index in [1.54, 1.807) is 18.2 Å². The number of nitrogens with one attached hydrogen (secondary N) is 1. The highest BCUT2D eigenvalue weighted by molar-refractivity contribution is 6.52. The fraction of sp³-hybridized carbons (Fsp3) is 0. The number of Topliss-reactive ketones (excluding diaryl/α,β-unsaturated/α-hetero) is 1. The van der Waals surface area contributed by atoms with Gasteiger partial charge in [-0.2, -0.15) is 0 Å². The number of fused-ring (bicyclic) bond motifs is 1. The number of anilines is 1. The van der Waals surface area contributed by atoms with Crippen molar-refractivity contribution in [2.24, 2.45) is 0 Å². The van der Waals surface area contributed by atoms with E-state index in [4.69, 9.17) is 0 Å². The van der Waals surface area contributed by atoms with Crippen LogP contribution in [0.5, 0.6) is 0 Å². The fourth-order valence-corrected chi connectivity index (χ4v) is 1.50. The van der Waals surface area contributed by atoms with E-state index in [1.807, 2.05) is 0 Å². The molecule has 0 saturated carbocycles. The molecule has 15 heavy (non-hydrogen) atoms. The number of carbonyl (C=O) groups is 3. The van der Waals surface area contributed by atoms with Crippen molar-refractivity contribution in [3.8, 4) is 0 Å². The molecule has 0 radical (unpaired) electrons. The van der Waals surface area contributed by atoms with Crippen LogP contribution in [0, 0.1) is 0 Å². The monoisotopic (exact) mass is 201 g/mol. The molecule has 1 amide bonds. The molecule has 0 aliphatic carbocycles. The molecule has 1 aromatic rings. The van der Waals surface area contributed by atoms with Gasteiger partial charge in [0.25, 0.3) is 11.7 Å². The third kappa shape index (κ3) is 1.46. The number of carbonyl (C=O) groups excluding carboxylic acids is 3. The summed E-state index contributed by atoms with van der Waals surface area (Å²) in [6.45, 7) is 0. The van der Waals surface area contributed by atoms with Crippen LogP contribution in [-0.4, -0.2) is 18.0 Å². The molecule has 4 heteroatoms. The van der Waals surface area contributed by atoms with Crippen molar-refractivity contribution >= 4 is 29.7 Å². The van der Waals surface area contributed by atoms with Crippen LogP contribution in [-0.2, 0) is 9.59 Å². The van der Waals surface area contributed by atoms with Crippen molar-refractivity contribution in [2.75, 3.05) is 5.32 Å². The zero-order chi connectivity index (χ0) is 10.8. The minimum absolute atomic E-state index is 0.334. The summed E-state index contributed by atoms with van der Waals surface area (Å²) in [7, 11) is 0. The summed E-state index contributed by atoms with van der Waals surface area (Å²) in [5.74, 6) is -1.19. The van der Waals surface area contributed by atoms with E-state index in [2.05, 4.69) is 5.32 Å². The maximum Gasteiger partial charge on any atom is 0.296 e. The lowest BCUT2D eigenvalue weighted by Crippen LogP contribution is -2.12. The average molecular weight is 201 g/mol. The molecule has 0 fully saturated rings. The van der Waals surface area contributed by atoms with Gasteiger partial charge in [-0.15, -0.1) is 0 Å². The number of benzene rings is 1. The zero-order valence-electron chi connectivity index (χ0n) is 7.69. The molecular formula is C11H7NO3. The quantitative estimate of drug-likeness (QED) is 0.441. The Morgan fingerprint density at radius 2 is 2.00 bits per heavy atom. The van der Waals surface area contributed by atoms with Gasteiger partial charge in [-0.1, -0.05) is 18.2 Å². The van der Waals surface area contributed by atoms with Gasteiger partial charge in [0.05, 0.1) is 11.3 Å². The smallest absolute Gasteiger partial charge is 0.296 e. The normalized spacial score (nSPS) is 14.1. The highest BCUT2D eigenvalue weighted by Crippen LogP contribution is 2.26. The number of ketones is 1. The Morgan fingerprint density at radius 1 is 1.20 bits per heavy atom. The molecule has 0 unspecified atom stereocenters. The Hall–Kier alpha value is -2.23. The summed E-state index contributed by atoms with van der Waals surface area (Å²) in [5.41, 5.74) is 1.40. The van der Waals surface area contributed by atoms with Crippen molar-refractivity contribution in [3.05, 3.63) is 35.4 Å². The zero-order valence-corrected chi connectivity index (χ0v) is 7.69. The van der Waals surface area contributed by atoms with E-state index >= 15 is 0 Å². The lowest BCUT2D eigenvalue weighted by atomic mass is 10.0. The molecule has 4 nitrogen and oxygen atoms in total. The van der Waals surface area contributed by atoms with Gasteiger partial charge >= 0.3 is 0 Å². The van der Waals surface area contributed by atoms with E-state index in [0.29, 0.717) is 23.1 Å². The van der Waals surface area contributed by atoms with E-state index in [1.165, 1.54) is 12.2 Å². The van der Waals surface area contributed by atoms with Crippen molar-refractivity contribution < 1.29 is 14.4 Å². The molecule has 1 heterocycles. The standard InChI is InChI=1S/C11H7NO3/c13-6-2-4-7-3-1-5-8-9(7)10(14)11(15)12-8/h1-6H,(H,12,14,15). The van der Waals surface area contributed by atoms with Crippen LogP contribution in [0.15, 0.2) is 24.3 Å². The molecule has 2 rings (SSSR count). The molecule has 1 aliphatic heterocycles. The minimum atomic E-state index is -0.628. The first-order valence-electron chi connectivity index (χ1n) is 4.34. The number of rotatable bonds is 2. The average Bonchev–Trinajstić information content (AvgIpc) is 2.53. The van der Waals surface area contributed by atoms with Gasteiger partial charge in [0.1, 0.15) is 6.29 Å². The molecule has 1 N–H and O–H groups in total. The minimum Gasteiger partial charge on any atom is -0.318 e. The van der Waals surface area contributed by atoms with Crippen molar-refractivity contribution in [1.82, 2.24) is 0 Å². The van der Waals surface area contributed by atoms with Gasteiger partial charge in [-0.05, 0) is 17.7 Å². The predicted molar refractivity (Wildman–Crippen MR) is 54.5 cm³/mol. The molecule has 0 saturated heterocycles. The Kier molecular flexibility index (Phi) is 2.17. The lowest BCUT2D eigenvalue weighted by molar-refractivity contribution is -0.112. The van der Waals surface area contributed by atoms with Gasteiger partial charge in [-0.25, -0.2) is 0 Å². The third-order valence-corrected chi connectivity index (χ3v) is 2.13. The Morgan fingerprint density at radius 3 is 2.73 bits per heavy atom. The van der Waals surface area contributed by atoms with Crippen LogP contribution in [0.25, 0.3) is 6.08 Å². The van der Waals surface area contributed by atoms with Gasteiger partial charge in [0.2, 0.25) is 0 Å². The Balaban J connectivity index is 2.56. The summed E-state index contributed by atoms with van der Waals surface area (Å²) in [5, 5.41) is 2.45. The first-order valence-corrected chi connectivity index (χ1v) is 4.34. The second-order valence-electron chi connectivity index (χ2n) is 3.05. The number of allylic oxidation sites excluding steroid dienone is 1. The molecule has 0 atom stereocenters. The summed E-state index contributed by atoms with van der Waals surface area (Å²) >= 11 is 0. The van der Waals surface area contributed by atoms with Crippen molar-refractivity contribution in [2.45, 2.75) is 0 Å². The predicted octanol–water partition coefficient (Wildman–Crippen LogP) is 1.03. The van der Waals surface area contributed by atoms with Crippen molar-refractivity contribution in [3.63, 3.8) is 0 Å². The van der Waals surface area contributed by atoms with Crippen LogP contribution in [0.3, 0.4) is 0 Å². The fourth-order valence-electron chi connectivity index (χ4n) is 1.50. The number of aldehydes is 1. The van der Waals surface area contributed by atoms with Crippen LogP contribution in [0.4, 0.5) is 5.69 Å². The summed E-state index contributed by atoms with van der Waals surface area (Å²) in [6.07, 6.45) is 3.41. The van der Waals surface area contributed by atoms with E-state index in [0.717, 1.165) is 0 Å². The highest BCUT2D eigenvalue weighted by Gasteiger charge is 2.29. The largest absolute Gasteiger partial charge is 0.318 e. The van der Waals surface area contributed by atoms with E-state index in [9.17, 15) is 14.4 Å². The molecule has 74 valence electrons. The molecule has 1 aliphatic rings. The van der Waals surface area contributed by atoms with Crippen LogP contribution in [0.1, 0.15) is 15.9 Å². The molecule has 0 spiro atoms. The van der Waals surface area contributed by atoms with Crippen LogP contribution >= 0.6 is 0 Å². The lowest BCUT2D eigenvalue weighted by Gasteiger charge is -1.99. The summed E-state index contributed by atoms with van der Waals surface area (Å²) in [6, 6.07) is 5.04. The van der Waals surface area contributed by atoms with Gasteiger partial charge in [0, 0.05) is 0 Å². The van der Waals surface area contributed by atoms with Crippen molar-refractivity contribution in [1.29, 1.82) is 0 Å². The van der Waals surface area contributed by atoms with Crippen LogP contribution < -0.4 is 5.32 Å². The first kappa shape index (κ1) is 9.33. The van der Waals surface area contributed by atoms with E-state index < -0.39 is 11.7 Å². The first-order chi connectivity index (χ1) is 7.24. The second-order valence-corrected chi connectivity index (χ2v) is 3.05. The molecule has 0 aromatic heterocycles. The Bertz CT molecular complexity index is 489. The topological polar surface area (TPSA) is 63.2 Å². The maximum atomic E-state index is 11.4. The third-order valence-electron chi connectivity index (χ3n) is 2.13.